The number of rotatable bonds is 7. The summed E-state index contributed by atoms with van der Waals surface area (Å²) in [7, 11) is 0. The summed E-state index contributed by atoms with van der Waals surface area (Å²) in [6.07, 6.45) is 0. The molecule has 1 aliphatic rings. The lowest BCUT2D eigenvalue weighted by Gasteiger charge is -2.34. The maximum absolute atomic E-state index is 13.2. The summed E-state index contributed by atoms with van der Waals surface area (Å²) < 4.78 is 0. The van der Waals surface area contributed by atoms with E-state index in [1.807, 2.05) is 72.1 Å². The van der Waals surface area contributed by atoms with E-state index in [2.05, 4.69) is 15.2 Å². The number of carbonyl (C=O) groups excluding carboxylic acids is 2. The van der Waals surface area contributed by atoms with Gasteiger partial charge >= 0.3 is 0 Å². The lowest BCUT2D eigenvalue weighted by Crippen LogP contribution is -2.50. The maximum atomic E-state index is 13.2. The van der Waals surface area contributed by atoms with E-state index in [4.69, 9.17) is 0 Å². The normalized spacial score (nSPS) is 14.3. The molecule has 8 heteroatoms. The van der Waals surface area contributed by atoms with Crippen LogP contribution in [0.5, 0.6) is 0 Å². The Morgan fingerprint density at radius 3 is 2.61 bits per heavy atom. The lowest BCUT2D eigenvalue weighted by atomic mass is 10.1. The molecule has 0 aliphatic carbocycles. The molecule has 0 unspecified atom stereocenters. The maximum Gasteiger partial charge on any atom is 0.255 e. The summed E-state index contributed by atoms with van der Waals surface area (Å²) in [5.74, 6) is 0.778. The van der Waals surface area contributed by atoms with Crippen LogP contribution in [0.15, 0.2) is 58.3 Å². The molecule has 2 heterocycles. The van der Waals surface area contributed by atoms with E-state index in [0.717, 1.165) is 38.7 Å². The fraction of sp³-hybridized carbons (Fsp3) is 0.320. The molecule has 0 saturated carbocycles. The monoisotopic (exact) mass is 480 g/mol. The van der Waals surface area contributed by atoms with Gasteiger partial charge in [0.2, 0.25) is 5.91 Å². The highest BCUT2D eigenvalue weighted by Gasteiger charge is 2.25. The van der Waals surface area contributed by atoms with Crippen LogP contribution in [0.25, 0.3) is 0 Å². The molecule has 0 bridgehead atoms. The highest BCUT2D eigenvalue weighted by atomic mass is 32.2. The fourth-order valence-electron chi connectivity index (χ4n) is 3.79. The van der Waals surface area contributed by atoms with E-state index < -0.39 is 0 Å². The summed E-state index contributed by atoms with van der Waals surface area (Å²) in [6.45, 7) is 6.97. The quantitative estimate of drug-likeness (QED) is 0.506. The van der Waals surface area contributed by atoms with Gasteiger partial charge in [-0.25, -0.2) is 4.98 Å². The van der Waals surface area contributed by atoms with E-state index in [1.165, 1.54) is 0 Å². The van der Waals surface area contributed by atoms with E-state index in [0.29, 0.717) is 32.7 Å². The van der Waals surface area contributed by atoms with Gasteiger partial charge in [0.25, 0.3) is 5.91 Å². The van der Waals surface area contributed by atoms with E-state index in [-0.39, 0.29) is 11.8 Å². The molecule has 1 aromatic heterocycles. The molecule has 0 atom stereocenters. The molecule has 33 heavy (non-hydrogen) atoms. The fourth-order valence-corrected chi connectivity index (χ4v) is 5.40. The molecular weight excluding hydrogens is 452 g/mol. The smallest absolute Gasteiger partial charge is 0.255 e. The number of thioether (sulfide) groups is 1. The van der Waals surface area contributed by atoms with E-state index in [9.17, 15) is 9.59 Å². The van der Waals surface area contributed by atoms with Crippen LogP contribution in [-0.2, 0) is 10.5 Å². The Labute approximate surface area is 203 Å². The van der Waals surface area contributed by atoms with Gasteiger partial charge in [-0.15, -0.1) is 23.1 Å². The number of hydrogen-bond acceptors (Lipinski definition) is 6. The zero-order valence-electron chi connectivity index (χ0n) is 18.9. The largest absolute Gasteiger partial charge is 0.336 e. The molecule has 1 aliphatic heterocycles. The number of piperazine rings is 1. The zero-order chi connectivity index (χ0) is 23.2. The van der Waals surface area contributed by atoms with Crippen LogP contribution in [-0.4, -0.2) is 59.3 Å². The standard InChI is InChI=1S/C25H28N4O2S2/c1-18-6-5-8-22(19(18)2)27-24(30)14-28-10-12-29(13-11-28)25(31)21-7-3-4-9-23(21)33-16-20-15-32-17-26-20/h3-9,15,17H,10-14,16H2,1-2H3,(H,27,30). The van der Waals surface area contributed by atoms with Crippen LogP contribution in [0.4, 0.5) is 5.69 Å². The van der Waals surface area contributed by atoms with Crippen molar-refractivity contribution < 1.29 is 9.59 Å². The number of carbonyl (C=O) groups is 2. The summed E-state index contributed by atoms with van der Waals surface area (Å²) in [4.78, 5) is 35.1. The summed E-state index contributed by atoms with van der Waals surface area (Å²) in [5, 5.41) is 5.06. The second kappa shape index (κ2) is 11.0. The van der Waals surface area contributed by atoms with E-state index in [1.54, 1.807) is 23.1 Å². The van der Waals surface area contributed by atoms with Gasteiger partial charge in [0.15, 0.2) is 0 Å². The molecule has 2 aromatic carbocycles. The Morgan fingerprint density at radius 1 is 1.06 bits per heavy atom. The zero-order valence-corrected chi connectivity index (χ0v) is 20.5. The Morgan fingerprint density at radius 2 is 1.85 bits per heavy atom. The predicted molar refractivity (Wildman–Crippen MR) is 135 cm³/mol. The van der Waals surface area contributed by atoms with Crippen molar-refractivity contribution in [2.45, 2.75) is 24.5 Å². The molecule has 6 nitrogen and oxygen atoms in total. The third kappa shape index (κ3) is 6.01. The summed E-state index contributed by atoms with van der Waals surface area (Å²) in [6, 6.07) is 13.7. The molecule has 2 amide bonds. The van der Waals surface area contributed by atoms with Crippen LogP contribution in [0.3, 0.4) is 0 Å². The van der Waals surface area contributed by atoms with Gasteiger partial charge in [-0.05, 0) is 43.2 Å². The summed E-state index contributed by atoms with van der Waals surface area (Å²) >= 11 is 3.22. The van der Waals surface area contributed by atoms with Gasteiger partial charge in [-0.1, -0.05) is 24.3 Å². The van der Waals surface area contributed by atoms with Crippen molar-refractivity contribution >= 4 is 40.6 Å². The van der Waals surface area contributed by atoms with Gasteiger partial charge in [-0.3, -0.25) is 14.5 Å². The van der Waals surface area contributed by atoms with Gasteiger partial charge in [0, 0.05) is 47.9 Å². The van der Waals surface area contributed by atoms with Crippen molar-refractivity contribution in [3.8, 4) is 0 Å². The van der Waals surface area contributed by atoms with Gasteiger partial charge in [0.1, 0.15) is 0 Å². The number of aromatic nitrogens is 1. The molecule has 4 rings (SSSR count). The number of nitrogens with zero attached hydrogens (tertiary/aromatic N) is 3. The second-order valence-corrected chi connectivity index (χ2v) is 9.86. The summed E-state index contributed by atoms with van der Waals surface area (Å²) in [5.41, 5.74) is 6.70. The van der Waals surface area contributed by atoms with Crippen LogP contribution in [0.2, 0.25) is 0 Å². The number of benzene rings is 2. The topological polar surface area (TPSA) is 65.5 Å². The van der Waals surface area contributed by atoms with Gasteiger partial charge < -0.3 is 10.2 Å². The average molecular weight is 481 g/mol. The third-order valence-electron chi connectivity index (χ3n) is 5.88. The third-order valence-corrected chi connectivity index (χ3v) is 7.62. The van der Waals surface area contributed by atoms with E-state index >= 15 is 0 Å². The highest BCUT2D eigenvalue weighted by Crippen LogP contribution is 2.27. The molecule has 0 spiro atoms. The second-order valence-electron chi connectivity index (χ2n) is 8.13. The van der Waals surface area contributed by atoms with Crippen molar-refractivity contribution in [2.75, 3.05) is 38.0 Å². The molecule has 172 valence electrons. The number of thiazole rings is 1. The first-order valence-electron chi connectivity index (χ1n) is 11.0. The Kier molecular flexibility index (Phi) is 7.80. The molecule has 3 aromatic rings. The first-order chi connectivity index (χ1) is 16.0. The highest BCUT2D eigenvalue weighted by molar-refractivity contribution is 7.98. The minimum atomic E-state index is -0.0211. The lowest BCUT2D eigenvalue weighted by molar-refractivity contribution is -0.117. The van der Waals surface area contributed by atoms with Crippen LogP contribution in [0.1, 0.15) is 27.2 Å². The van der Waals surface area contributed by atoms with Crippen molar-refractivity contribution in [1.29, 1.82) is 0 Å². The number of amides is 2. The number of aryl methyl sites for hydroxylation is 1. The molecule has 1 fully saturated rings. The van der Waals surface area contributed by atoms with Gasteiger partial charge in [0.05, 0.1) is 23.3 Å². The minimum absolute atomic E-state index is 0.0211. The molecule has 0 radical (unpaired) electrons. The van der Waals surface area contributed by atoms with Crippen molar-refractivity contribution in [3.05, 3.63) is 75.7 Å². The first kappa shape index (κ1) is 23.5. The number of anilines is 1. The number of hydrogen-bond donors (Lipinski definition) is 1. The van der Waals surface area contributed by atoms with Crippen molar-refractivity contribution in [3.63, 3.8) is 0 Å². The number of nitrogens with one attached hydrogen (secondary N) is 1. The van der Waals surface area contributed by atoms with Crippen molar-refractivity contribution in [2.24, 2.45) is 0 Å². The average Bonchev–Trinajstić information content (AvgIpc) is 3.35. The van der Waals surface area contributed by atoms with Crippen molar-refractivity contribution in [1.82, 2.24) is 14.8 Å². The Bertz CT molecular complexity index is 1110. The minimum Gasteiger partial charge on any atom is -0.336 e. The SMILES string of the molecule is Cc1cccc(NC(=O)CN2CCN(C(=O)c3ccccc3SCc3cscn3)CC2)c1C. The first-order valence-corrected chi connectivity index (χ1v) is 12.9. The Balaban J connectivity index is 1.30. The molecule has 1 N–H and O–H groups in total. The van der Waals surface area contributed by atoms with Crippen LogP contribution < -0.4 is 5.32 Å². The van der Waals surface area contributed by atoms with Gasteiger partial charge in [-0.2, -0.15) is 0 Å². The molecule has 1 saturated heterocycles. The van der Waals surface area contributed by atoms with Crippen LogP contribution >= 0.6 is 23.1 Å². The molecular formula is C25H28N4O2S2. The van der Waals surface area contributed by atoms with Crippen LogP contribution in [0, 0.1) is 13.8 Å². The Hall–Kier alpha value is -2.68. The predicted octanol–water partition coefficient (Wildman–Crippen LogP) is 4.45.